The lowest BCUT2D eigenvalue weighted by molar-refractivity contribution is -0.218. The lowest BCUT2D eigenvalue weighted by Crippen LogP contribution is -2.72. The molecule has 0 unspecified atom stereocenters. The summed E-state index contributed by atoms with van der Waals surface area (Å²) >= 11 is 0. The molecule has 0 saturated carbocycles. The first-order valence-corrected chi connectivity index (χ1v) is 6.91. The molecule has 2 saturated heterocycles. The first-order chi connectivity index (χ1) is 9.79. The molecule has 9 atom stereocenters. The Hall–Kier alpha value is -0.360. The highest BCUT2D eigenvalue weighted by Crippen LogP contribution is 2.33. The van der Waals surface area contributed by atoms with Crippen LogP contribution in [0.4, 0.5) is 0 Å². The standard InChI is InChI=1S/C12H23NO8/c14-3-6(17)9(18)7-4(15)1-13-2-5(16)10(19)12(21)8(13)11(7)20/h4-12,14-21H,1-3H2/t4-,5+,6+,7+,8+,9-,10-,11-,12-/m0/s1. The van der Waals surface area contributed by atoms with Crippen molar-refractivity contribution in [1.82, 2.24) is 4.90 Å². The molecule has 124 valence electrons. The van der Waals surface area contributed by atoms with E-state index >= 15 is 0 Å². The van der Waals surface area contributed by atoms with E-state index in [0.29, 0.717) is 0 Å². The molecule has 9 nitrogen and oxygen atoms in total. The van der Waals surface area contributed by atoms with E-state index in [0.717, 1.165) is 0 Å². The maximum absolute atomic E-state index is 10.3. The van der Waals surface area contributed by atoms with E-state index in [1.165, 1.54) is 4.90 Å². The van der Waals surface area contributed by atoms with Gasteiger partial charge in [0, 0.05) is 19.0 Å². The van der Waals surface area contributed by atoms with Gasteiger partial charge in [0.05, 0.1) is 37.1 Å². The van der Waals surface area contributed by atoms with Crippen LogP contribution in [0, 0.1) is 5.92 Å². The Labute approximate surface area is 121 Å². The van der Waals surface area contributed by atoms with Crippen molar-refractivity contribution in [2.75, 3.05) is 19.7 Å². The van der Waals surface area contributed by atoms with Crippen LogP contribution in [-0.2, 0) is 0 Å². The number of hydrogen-bond acceptors (Lipinski definition) is 9. The molecule has 21 heavy (non-hydrogen) atoms. The third kappa shape index (κ3) is 2.93. The number of fused-ring (bicyclic) bond motifs is 1. The van der Waals surface area contributed by atoms with Gasteiger partial charge in [0.25, 0.3) is 0 Å². The molecule has 0 aliphatic carbocycles. The highest BCUT2D eigenvalue weighted by Gasteiger charge is 2.53. The molecule has 0 spiro atoms. The zero-order chi connectivity index (χ0) is 15.9. The van der Waals surface area contributed by atoms with Crippen LogP contribution in [0.15, 0.2) is 0 Å². The summed E-state index contributed by atoms with van der Waals surface area (Å²) in [4.78, 5) is 1.44. The molecule has 0 amide bonds. The molecule has 0 radical (unpaired) electrons. The lowest BCUT2D eigenvalue weighted by Gasteiger charge is -2.53. The quantitative estimate of drug-likeness (QED) is 0.254. The van der Waals surface area contributed by atoms with E-state index in [-0.39, 0.29) is 13.1 Å². The molecule has 0 aromatic carbocycles. The first kappa shape index (κ1) is 17.0. The van der Waals surface area contributed by atoms with Crippen molar-refractivity contribution < 1.29 is 40.9 Å². The van der Waals surface area contributed by atoms with Gasteiger partial charge in [-0.1, -0.05) is 0 Å². The number of rotatable bonds is 3. The molecular formula is C12H23NO8. The fraction of sp³-hybridized carbons (Fsp3) is 1.00. The average molecular weight is 309 g/mol. The molecule has 2 fully saturated rings. The summed E-state index contributed by atoms with van der Waals surface area (Å²) in [5.74, 6) is -1.19. The molecule has 0 bridgehead atoms. The summed E-state index contributed by atoms with van der Waals surface area (Å²) in [5.41, 5.74) is 0. The van der Waals surface area contributed by atoms with Crippen molar-refractivity contribution in [3.8, 4) is 0 Å². The van der Waals surface area contributed by atoms with E-state index in [9.17, 15) is 35.7 Å². The smallest absolute Gasteiger partial charge is 0.109 e. The monoisotopic (exact) mass is 309 g/mol. The van der Waals surface area contributed by atoms with E-state index in [4.69, 9.17) is 5.11 Å². The Kier molecular flexibility index (Phi) is 5.19. The van der Waals surface area contributed by atoms with E-state index in [1.807, 2.05) is 0 Å². The van der Waals surface area contributed by atoms with Crippen molar-refractivity contribution in [1.29, 1.82) is 0 Å². The van der Waals surface area contributed by atoms with Crippen LogP contribution in [0.5, 0.6) is 0 Å². The third-order valence-electron chi connectivity index (χ3n) is 4.52. The molecule has 0 aromatic rings. The maximum Gasteiger partial charge on any atom is 0.109 e. The predicted molar refractivity (Wildman–Crippen MR) is 68.0 cm³/mol. The number of hydrogen-bond donors (Lipinski definition) is 8. The summed E-state index contributed by atoms with van der Waals surface area (Å²) in [7, 11) is 0. The zero-order valence-corrected chi connectivity index (χ0v) is 11.3. The SMILES string of the molecule is OC[C@@H](O)[C@H](O)[C@@H]1[C@H](O)[C@@H]2[C@H](O)[C@@H](O)[C@H](O)CN2C[C@@H]1O. The Bertz CT molecular complexity index is 352. The summed E-state index contributed by atoms with van der Waals surface area (Å²) in [6.07, 6.45) is -9.90. The minimum absolute atomic E-state index is 0.0393. The van der Waals surface area contributed by atoms with Gasteiger partial charge in [0.2, 0.25) is 0 Å². The molecule has 2 aliphatic heterocycles. The van der Waals surface area contributed by atoms with E-state index < -0.39 is 61.3 Å². The summed E-state index contributed by atoms with van der Waals surface area (Å²) in [6, 6.07) is -0.989. The van der Waals surface area contributed by atoms with Crippen LogP contribution in [0.3, 0.4) is 0 Å². The normalized spacial score (nSPS) is 47.7. The van der Waals surface area contributed by atoms with Crippen molar-refractivity contribution in [2.45, 2.75) is 48.8 Å². The number of nitrogens with zero attached hydrogens (tertiary/aromatic N) is 1. The Morgan fingerprint density at radius 1 is 0.857 bits per heavy atom. The molecule has 2 rings (SSSR count). The van der Waals surface area contributed by atoms with Crippen molar-refractivity contribution in [3.05, 3.63) is 0 Å². The average Bonchev–Trinajstić information content (AvgIpc) is 2.43. The molecule has 2 aliphatic rings. The van der Waals surface area contributed by atoms with Gasteiger partial charge in [-0.15, -0.1) is 0 Å². The molecule has 0 aromatic heterocycles. The van der Waals surface area contributed by atoms with Gasteiger partial charge >= 0.3 is 0 Å². The van der Waals surface area contributed by atoms with Crippen LogP contribution in [-0.4, -0.2) is 114 Å². The number of aliphatic hydroxyl groups excluding tert-OH is 8. The van der Waals surface area contributed by atoms with Crippen LogP contribution in [0.25, 0.3) is 0 Å². The van der Waals surface area contributed by atoms with Gasteiger partial charge < -0.3 is 40.9 Å². The fourth-order valence-electron chi connectivity index (χ4n) is 3.34. The topological polar surface area (TPSA) is 165 Å². The zero-order valence-electron chi connectivity index (χ0n) is 11.3. The van der Waals surface area contributed by atoms with Crippen LogP contribution >= 0.6 is 0 Å². The van der Waals surface area contributed by atoms with Crippen molar-refractivity contribution >= 4 is 0 Å². The number of aliphatic hydroxyl groups is 8. The van der Waals surface area contributed by atoms with Crippen molar-refractivity contribution in [2.24, 2.45) is 5.92 Å². The second-order valence-electron chi connectivity index (χ2n) is 5.87. The summed E-state index contributed by atoms with van der Waals surface area (Å²) in [6.45, 7) is -0.833. The highest BCUT2D eigenvalue weighted by molar-refractivity contribution is 5.06. The molecule has 2 heterocycles. The Balaban J connectivity index is 2.21. The summed E-state index contributed by atoms with van der Waals surface area (Å²) < 4.78 is 0. The molecule has 9 heteroatoms. The minimum Gasteiger partial charge on any atom is -0.394 e. The first-order valence-electron chi connectivity index (χ1n) is 6.91. The molecule has 8 N–H and O–H groups in total. The van der Waals surface area contributed by atoms with Gasteiger partial charge in [-0.05, 0) is 0 Å². The third-order valence-corrected chi connectivity index (χ3v) is 4.52. The van der Waals surface area contributed by atoms with E-state index in [2.05, 4.69) is 0 Å². The second kappa shape index (κ2) is 6.41. The van der Waals surface area contributed by atoms with Gasteiger partial charge in [-0.3, -0.25) is 4.90 Å². The fourth-order valence-corrected chi connectivity index (χ4v) is 3.34. The van der Waals surface area contributed by atoms with Crippen LogP contribution < -0.4 is 0 Å². The van der Waals surface area contributed by atoms with Gasteiger partial charge in [0.15, 0.2) is 0 Å². The predicted octanol–water partition coefficient (Wildman–Crippen LogP) is -5.18. The highest BCUT2D eigenvalue weighted by atomic mass is 16.4. The minimum atomic E-state index is -1.58. The lowest BCUT2D eigenvalue weighted by atomic mass is 9.75. The molecular weight excluding hydrogens is 286 g/mol. The van der Waals surface area contributed by atoms with Crippen LogP contribution in [0.2, 0.25) is 0 Å². The van der Waals surface area contributed by atoms with Crippen LogP contribution in [0.1, 0.15) is 0 Å². The van der Waals surface area contributed by atoms with Crippen molar-refractivity contribution in [3.63, 3.8) is 0 Å². The largest absolute Gasteiger partial charge is 0.394 e. The van der Waals surface area contributed by atoms with Gasteiger partial charge in [-0.25, -0.2) is 0 Å². The van der Waals surface area contributed by atoms with Gasteiger partial charge in [-0.2, -0.15) is 0 Å². The number of piperidine rings is 2. The summed E-state index contributed by atoms with van der Waals surface area (Å²) in [5, 5.41) is 78.0. The van der Waals surface area contributed by atoms with Gasteiger partial charge in [0.1, 0.15) is 18.3 Å². The maximum atomic E-state index is 10.3. The second-order valence-corrected chi connectivity index (χ2v) is 5.87. The Morgan fingerprint density at radius 3 is 2.00 bits per heavy atom. The van der Waals surface area contributed by atoms with E-state index in [1.54, 1.807) is 0 Å². The Morgan fingerprint density at radius 2 is 1.43 bits per heavy atom.